The van der Waals surface area contributed by atoms with Gasteiger partial charge in [-0.05, 0) is 13.0 Å². The molecule has 0 saturated heterocycles. The van der Waals surface area contributed by atoms with Crippen molar-refractivity contribution in [2.75, 3.05) is 12.3 Å². The quantitative estimate of drug-likeness (QED) is 0.808. The zero-order valence-corrected chi connectivity index (χ0v) is 9.56. The zero-order valence-electron chi connectivity index (χ0n) is 9.56. The molecule has 0 aromatic carbocycles. The molecule has 0 saturated carbocycles. The first-order valence-electron chi connectivity index (χ1n) is 5.53. The molecule has 0 aliphatic carbocycles. The van der Waals surface area contributed by atoms with Crippen LogP contribution in [0.5, 0.6) is 0 Å². The van der Waals surface area contributed by atoms with Gasteiger partial charge < -0.3 is 14.9 Å². The SMILES string of the molecule is Cc1occc1-c1nc(N)c2c(n1)CCOC2. The Hall–Kier alpha value is -1.88. The average molecular weight is 231 g/mol. The number of aryl methyl sites for hydroxylation is 1. The third-order valence-corrected chi connectivity index (χ3v) is 2.95. The van der Waals surface area contributed by atoms with Gasteiger partial charge in [-0.25, -0.2) is 9.97 Å². The molecule has 0 radical (unpaired) electrons. The molecule has 5 heteroatoms. The maximum Gasteiger partial charge on any atom is 0.165 e. The van der Waals surface area contributed by atoms with Gasteiger partial charge in [0.1, 0.15) is 11.6 Å². The highest BCUT2D eigenvalue weighted by atomic mass is 16.5. The largest absolute Gasteiger partial charge is 0.469 e. The minimum atomic E-state index is 0.505. The second-order valence-electron chi connectivity index (χ2n) is 4.05. The van der Waals surface area contributed by atoms with Gasteiger partial charge in [0.05, 0.1) is 30.7 Å². The fraction of sp³-hybridized carbons (Fsp3) is 0.333. The van der Waals surface area contributed by atoms with Crippen molar-refractivity contribution in [1.82, 2.24) is 9.97 Å². The molecule has 0 spiro atoms. The van der Waals surface area contributed by atoms with E-state index in [1.54, 1.807) is 6.26 Å². The standard InChI is InChI=1S/C12H13N3O2/c1-7-8(2-5-17-7)12-14-10-3-4-16-6-9(10)11(13)15-12/h2,5H,3-4,6H2,1H3,(H2,13,14,15). The number of ether oxygens (including phenoxy) is 1. The maximum absolute atomic E-state index is 5.94. The molecule has 0 unspecified atom stereocenters. The molecular formula is C12H13N3O2. The predicted molar refractivity (Wildman–Crippen MR) is 62.2 cm³/mol. The van der Waals surface area contributed by atoms with E-state index in [-0.39, 0.29) is 0 Å². The summed E-state index contributed by atoms with van der Waals surface area (Å²) in [6, 6.07) is 1.86. The van der Waals surface area contributed by atoms with Crippen LogP contribution in [0.25, 0.3) is 11.4 Å². The third-order valence-electron chi connectivity index (χ3n) is 2.95. The van der Waals surface area contributed by atoms with Crippen LogP contribution in [-0.2, 0) is 17.8 Å². The smallest absolute Gasteiger partial charge is 0.165 e. The summed E-state index contributed by atoms with van der Waals surface area (Å²) in [5.41, 5.74) is 8.73. The molecular weight excluding hydrogens is 218 g/mol. The number of nitrogens with two attached hydrogens (primary N) is 1. The van der Waals surface area contributed by atoms with Gasteiger partial charge in [0.15, 0.2) is 5.82 Å². The van der Waals surface area contributed by atoms with Crippen molar-refractivity contribution in [2.24, 2.45) is 0 Å². The topological polar surface area (TPSA) is 74.2 Å². The first-order chi connectivity index (χ1) is 8.25. The van der Waals surface area contributed by atoms with Crippen molar-refractivity contribution in [3.63, 3.8) is 0 Å². The number of aromatic nitrogens is 2. The lowest BCUT2D eigenvalue weighted by Crippen LogP contribution is -2.16. The minimum Gasteiger partial charge on any atom is -0.469 e. The molecule has 2 aromatic heterocycles. The van der Waals surface area contributed by atoms with Crippen LogP contribution in [0.1, 0.15) is 17.0 Å². The van der Waals surface area contributed by atoms with Gasteiger partial charge in [0.25, 0.3) is 0 Å². The van der Waals surface area contributed by atoms with E-state index in [0.717, 1.165) is 29.0 Å². The Morgan fingerprint density at radius 3 is 3.00 bits per heavy atom. The van der Waals surface area contributed by atoms with E-state index in [2.05, 4.69) is 9.97 Å². The fourth-order valence-electron chi connectivity index (χ4n) is 1.99. The van der Waals surface area contributed by atoms with Crippen LogP contribution in [0.4, 0.5) is 5.82 Å². The van der Waals surface area contributed by atoms with Crippen LogP contribution in [-0.4, -0.2) is 16.6 Å². The van der Waals surface area contributed by atoms with Crippen LogP contribution in [0.15, 0.2) is 16.7 Å². The Morgan fingerprint density at radius 1 is 1.35 bits per heavy atom. The molecule has 0 atom stereocenters. The molecule has 0 amide bonds. The lowest BCUT2D eigenvalue weighted by atomic mass is 10.1. The second-order valence-corrected chi connectivity index (χ2v) is 4.05. The van der Waals surface area contributed by atoms with E-state index in [1.165, 1.54) is 0 Å². The Balaban J connectivity index is 2.14. The van der Waals surface area contributed by atoms with Crippen molar-refractivity contribution < 1.29 is 9.15 Å². The molecule has 17 heavy (non-hydrogen) atoms. The highest BCUT2D eigenvalue weighted by Crippen LogP contribution is 2.26. The number of hydrogen-bond donors (Lipinski definition) is 1. The first-order valence-corrected chi connectivity index (χ1v) is 5.53. The van der Waals surface area contributed by atoms with Gasteiger partial charge in [0, 0.05) is 12.0 Å². The van der Waals surface area contributed by atoms with E-state index in [1.807, 2.05) is 13.0 Å². The summed E-state index contributed by atoms with van der Waals surface area (Å²) in [4.78, 5) is 8.86. The number of fused-ring (bicyclic) bond motifs is 1. The van der Waals surface area contributed by atoms with Crippen molar-refractivity contribution in [3.8, 4) is 11.4 Å². The van der Waals surface area contributed by atoms with Crippen molar-refractivity contribution in [1.29, 1.82) is 0 Å². The first kappa shape index (κ1) is 10.3. The zero-order chi connectivity index (χ0) is 11.8. The van der Waals surface area contributed by atoms with Crippen LogP contribution in [0.3, 0.4) is 0 Å². The number of nitrogen functional groups attached to an aromatic ring is 1. The van der Waals surface area contributed by atoms with Crippen LogP contribution in [0.2, 0.25) is 0 Å². The van der Waals surface area contributed by atoms with E-state index >= 15 is 0 Å². The van der Waals surface area contributed by atoms with E-state index in [4.69, 9.17) is 14.9 Å². The maximum atomic E-state index is 5.94. The highest BCUT2D eigenvalue weighted by Gasteiger charge is 2.18. The van der Waals surface area contributed by atoms with Crippen molar-refractivity contribution >= 4 is 5.82 Å². The second kappa shape index (κ2) is 3.85. The summed E-state index contributed by atoms with van der Waals surface area (Å²) in [7, 11) is 0. The molecule has 5 nitrogen and oxygen atoms in total. The average Bonchev–Trinajstić information content (AvgIpc) is 2.75. The molecule has 2 N–H and O–H groups in total. The summed E-state index contributed by atoms with van der Waals surface area (Å²) in [5, 5.41) is 0. The Morgan fingerprint density at radius 2 is 2.24 bits per heavy atom. The molecule has 3 heterocycles. The molecule has 1 aliphatic rings. The number of anilines is 1. The monoisotopic (exact) mass is 231 g/mol. The number of rotatable bonds is 1. The molecule has 0 bridgehead atoms. The Kier molecular flexibility index (Phi) is 2.33. The number of furan rings is 1. The highest BCUT2D eigenvalue weighted by molar-refractivity contribution is 5.60. The summed E-state index contributed by atoms with van der Waals surface area (Å²) in [6.07, 6.45) is 2.42. The van der Waals surface area contributed by atoms with Crippen LogP contribution in [0, 0.1) is 6.92 Å². The predicted octanol–water partition coefficient (Wildman–Crippen LogP) is 1.70. The van der Waals surface area contributed by atoms with Gasteiger partial charge >= 0.3 is 0 Å². The summed E-state index contributed by atoms with van der Waals surface area (Å²) in [5.74, 6) is 1.94. The Bertz CT molecular complexity index is 563. The lowest BCUT2D eigenvalue weighted by molar-refractivity contribution is 0.109. The lowest BCUT2D eigenvalue weighted by Gasteiger charge is -2.17. The molecule has 0 fully saturated rings. The normalized spacial score (nSPS) is 14.6. The van der Waals surface area contributed by atoms with Crippen molar-refractivity contribution in [3.05, 3.63) is 29.3 Å². The number of hydrogen-bond acceptors (Lipinski definition) is 5. The molecule has 3 rings (SSSR count). The van der Waals surface area contributed by atoms with E-state index in [9.17, 15) is 0 Å². The van der Waals surface area contributed by atoms with Crippen LogP contribution < -0.4 is 5.73 Å². The van der Waals surface area contributed by atoms with Gasteiger partial charge in [-0.15, -0.1) is 0 Å². The van der Waals surface area contributed by atoms with Crippen molar-refractivity contribution in [2.45, 2.75) is 20.0 Å². The van der Waals surface area contributed by atoms with Gasteiger partial charge in [-0.3, -0.25) is 0 Å². The summed E-state index contributed by atoms with van der Waals surface area (Å²) >= 11 is 0. The van der Waals surface area contributed by atoms with E-state index < -0.39 is 0 Å². The van der Waals surface area contributed by atoms with Gasteiger partial charge in [-0.1, -0.05) is 0 Å². The van der Waals surface area contributed by atoms with Crippen LogP contribution >= 0.6 is 0 Å². The molecule has 2 aromatic rings. The third kappa shape index (κ3) is 1.68. The fourth-order valence-corrected chi connectivity index (χ4v) is 1.99. The van der Waals surface area contributed by atoms with Gasteiger partial charge in [-0.2, -0.15) is 0 Å². The molecule has 88 valence electrons. The number of nitrogens with zero attached hydrogens (tertiary/aromatic N) is 2. The van der Waals surface area contributed by atoms with E-state index in [0.29, 0.717) is 24.9 Å². The Labute approximate surface area is 98.6 Å². The molecule has 1 aliphatic heterocycles. The summed E-state index contributed by atoms with van der Waals surface area (Å²) < 4.78 is 10.6. The minimum absolute atomic E-state index is 0.505. The summed E-state index contributed by atoms with van der Waals surface area (Å²) in [6.45, 7) is 3.08. The van der Waals surface area contributed by atoms with Gasteiger partial charge in [0.2, 0.25) is 0 Å².